The van der Waals surface area contributed by atoms with Crippen molar-refractivity contribution in [1.29, 1.82) is 0 Å². The Hall–Kier alpha value is -3.50. The number of ether oxygens (including phenoxy) is 4. The molecule has 558 valence electrons. The van der Waals surface area contributed by atoms with Crippen LogP contribution in [0.1, 0.15) is 336 Å². The standard InChI is InChI=1S/C77H138O17P2/c1-5-9-13-17-21-25-29-33-35-39-42-46-50-54-58-62-75(80)88-68-73(94-77(82)64-60-56-52-48-44-40-36-34-30-26-22-18-14-10-6-2)70-92-96(85,86)90-66-71(78)65-89-95(83,84)91-69-72(93-76(81)63-59-55-51-47-43-38-32-28-24-20-16-12-8-4)67-87-74(79)61-57-53-49-45-41-37-31-27-23-19-15-11-7-3/h21,25-28,30-36,71-73,78H,5-20,22-24,29,37-70H2,1-4H3,(H,83,84)(H,85,86)/b25-21-,30-26-,31-27-,32-28-,35-33-,36-34-/t71-,72+,73+/m0/s1. The highest BCUT2D eigenvalue weighted by Crippen LogP contribution is 2.45. The molecule has 0 spiro atoms. The minimum atomic E-state index is -4.98. The van der Waals surface area contributed by atoms with Crippen LogP contribution in [0, 0.1) is 0 Å². The highest BCUT2D eigenvalue weighted by molar-refractivity contribution is 7.47. The fourth-order valence-corrected chi connectivity index (χ4v) is 11.8. The van der Waals surface area contributed by atoms with Crippen molar-refractivity contribution in [2.75, 3.05) is 39.6 Å². The third kappa shape index (κ3) is 69.0. The molecule has 0 amide bonds. The van der Waals surface area contributed by atoms with E-state index in [0.29, 0.717) is 25.7 Å². The zero-order valence-corrected chi connectivity index (χ0v) is 62.6. The van der Waals surface area contributed by atoms with Gasteiger partial charge in [-0.25, -0.2) is 9.13 Å². The molecule has 17 nitrogen and oxygen atoms in total. The molecule has 0 aromatic rings. The Labute approximate surface area is 583 Å². The fourth-order valence-electron chi connectivity index (χ4n) is 10.2. The summed E-state index contributed by atoms with van der Waals surface area (Å²) < 4.78 is 68.4. The van der Waals surface area contributed by atoms with Crippen LogP contribution >= 0.6 is 15.6 Å². The first kappa shape index (κ1) is 92.5. The first-order valence-electron chi connectivity index (χ1n) is 38.2. The number of aliphatic hydroxyl groups is 1. The number of carbonyl (C=O) groups excluding carboxylic acids is 4. The Morgan fingerprint density at radius 1 is 0.302 bits per heavy atom. The Kier molecular flexibility index (Phi) is 67.4. The zero-order chi connectivity index (χ0) is 70.4. The number of rotatable bonds is 72. The predicted octanol–water partition coefficient (Wildman–Crippen LogP) is 21.7. The van der Waals surface area contributed by atoms with Gasteiger partial charge in [-0.1, -0.05) is 248 Å². The van der Waals surface area contributed by atoms with Gasteiger partial charge in [-0.15, -0.1) is 0 Å². The molecule has 0 fully saturated rings. The van der Waals surface area contributed by atoms with E-state index in [1.165, 1.54) is 96.3 Å². The number of phosphoric acid groups is 2. The third-order valence-electron chi connectivity index (χ3n) is 16.1. The summed E-state index contributed by atoms with van der Waals surface area (Å²) in [6.45, 7) is 4.78. The summed E-state index contributed by atoms with van der Waals surface area (Å²) in [5.41, 5.74) is 0. The first-order valence-corrected chi connectivity index (χ1v) is 41.2. The van der Waals surface area contributed by atoms with Gasteiger partial charge in [0.25, 0.3) is 0 Å². The van der Waals surface area contributed by atoms with Crippen molar-refractivity contribution in [2.45, 2.75) is 354 Å². The number of phosphoric ester groups is 2. The van der Waals surface area contributed by atoms with E-state index in [0.717, 1.165) is 161 Å². The lowest BCUT2D eigenvalue weighted by atomic mass is 10.1. The summed E-state index contributed by atoms with van der Waals surface area (Å²) >= 11 is 0. The Morgan fingerprint density at radius 3 is 0.865 bits per heavy atom. The SMILES string of the molecule is CCCCC/C=C\C/C=C\CCCCCCCC(=O)OC[C@H](COP(=O)(O)OC[C@@H](O)COP(=O)(O)OC[C@@H](COC(=O)CCCCCCC/C=C\CCCCCC)OC(=O)CCCCCCC/C=C\CCCCCC)OC(=O)CCCCCCC/C=C\C=C/CCCCCC. The third-order valence-corrected chi connectivity index (χ3v) is 18.0. The van der Waals surface area contributed by atoms with Gasteiger partial charge >= 0.3 is 39.5 Å². The minimum absolute atomic E-state index is 0.0762. The van der Waals surface area contributed by atoms with Crippen molar-refractivity contribution in [1.82, 2.24) is 0 Å². The van der Waals surface area contributed by atoms with Crippen LogP contribution in [0.4, 0.5) is 0 Å². The highest BCUT2D eigenvalue weighted by atomic mass is 31.2. The van der Waals surface area contributed by atoms with Crippen LogP contribution in [-0.4, -0.2) is 96.7 Å². The van der Waals surface area contributed by atoms with Crippen LogP contribution in [-0.2, 0) is 65.4 Å². The maximum atomic E-state index is 13.1. The van der Waals surface area contributed by atoms with Crippen LogP contribution in [0.25, 0.3) is 0 Å². The number of hydrogen-bond acceptors (Lipinski definition) is 15. The van der Waals surface area contributed by atoms with E-state index >= 15 is 0 Å². The summed E-state index contributed by atoms with van der Waals surface area (Å²) in [6, 6.07) is 0. The van der Waals surface area contributed by atoms with Gasteiger partial charge in [-0.2, -0.15) is 0 Å². The van der Waals surface area contributed by atoms with Gasteiger partial charge < -0.3 is 33.8 Å². The molecule has 0 heterocycles. The molecule has 0 aliphatic carbocycles. The van der Waals surface area contributed by atoms with Gasteiger partial charge in [0.1, 0.15) is 19.3 Å². The van der Waals surface area contributed by atoms with Crippen molar-refractivity contribution in [3.8, 4) is 0 Å². The number of unbranched alkanes of at least 4 members (excludes halogenated alkanes) is 35. The molecule has 0 aromatic carbocycles. The van der Waals surface area contributed by atoms with Crippen LogP contribution in [0.5, 0.6) is 0 Å². The van der Waals surface area contributed by atoms with E-state index in [4.69, 9.17) is 37.0 Å². The van der Waals surface area contributed by atoms with Crippen LogP contribution in [0.15, 0.2) is 72.9 Å². The fraction of sp³-hybridized carbons (Fsp3) is 0.792. The summed E-state index contributed by atoms with van der Waals surface area (Å²) in [7, 11) is -9.95. The second kappa shape index (κ2) is 70.0. The number of carbonyl (C=O) groups is 4. The maximum absolute atomic E-state index is 13.1. The summed E-state index contributed by atoms with van der Waals surface area (Å²) in [4.78, 5) is 72.8. The Balaban J connectivity index is 5.36. The molecule has 0 bridgehead atoms. The number of hydrogen-bond donors (Lipinski definition) is 3. The van der Waals surface area contributed by atoms with E-state index in [2.05, 4.69) is 101 Å². The van der Waals surface area contributed by atoms with Crippen molar-refractivity contribution in [3.63, 3.8) is 0 Å². The maximum Gasteiger partial charge on any atom is 0.472 e. The van der Waals surface area contributed by atoms with Gasteiger partial charge in [0.05, 0.1) is 26.4 Å². The quantitative estimate of drug-likeness (QED) is 0.0128. The summed E-state index contributed by atoms with van der Waals surface area (Å²) in [6.07, 6.45) is 68.9. The largest absolute Gasteiger partial charge is 0.472 e. The van der Waals surface area contributed by atoms with Crippen LogP contribution in [0.2, 0.25) is 0 Å². The smallest absolute Gasteiger partial charge is 0.462 e. The lowest BCUT2D eigenvalue weighted by Crippen LogP contribution is -2.30. The molecular weight excluding hydrogens is 1260 g/mol. The average Bonchev–Trinajstić information content (AvgIpc) is 1.36. The second-order valence-corrected chi connectivity index (χ2v) is 28.5. The molecule has 0 saturated carbocycles. The lowest BCUT2D eigenvalue weighted by molar-refractivity contribution is -0.161. The zero-order valence-electron chi connectivity index (χ0n) is 60.8. The summed E-state index contributed by atoms with van der Waals surface area (Å²) in [5.74, 6) is -2.21. The normalized spacial score (nSPS) is 14.4. The molecule has 96 heavy (non-hydrogen) atoms. The molecule has 0 radical (unpaired) electrons. The van der Waals surface area contributed by atoms with Gasteiger partial charge in [0.15, 0.2) is 12.2 Å². The van der Waals surface area contributed by atoms with Crippen molar-refractivity contribution < 1.29 is 80.2 Å². The average molecular weight is 1400 g/mol. The van der Waals surface area contributed by atoms with E-state index in [9.17, 15) is 43.2 Å². The minimum Gasteiger partial charge on any atom is -0.462 e. The molecule has 5 atom stereocenters. The van der Waals surface area contributed by atoms with Crippen molar-refractivity contribution >= 4 is 39.5 Å². The van der Waals surface area contributed by atoms with E-state index in [1.807, 2.05) is 0 Å². The molecule has 2 unspecified atom stereocenters. The van der Waals surface area contributed by atoms with Crippen LogP contribution < -0.4 is 0 Å². The first-order chi connectivity index (χ1) is 46.7. The van der Waals surface area contributed by atoms with Gasteiger partial charge in [0.2, 0.25) is 0 Å². The summed E-state index contributed by atoms with van der Waals surface area (Å²) in [5, 5.41) is 10.6. The van der Waals surface area contributed by atoms with E-state index < -0.39 is 97.5 Å². The monoisotopic (exact) mass is 1400 g/mol. The molecule has 3 N–H and O–H groups in total. The van der Waals surface area contributed by atoms with E-state index in [-0.39, 0.29) is 25.7 Å². The number of allylic oxidation sites excluding steroid dienone is 12. The topological polar surface area (TPSA) is 237 Å². The second-order valence-electron chi connectivity index (χ2n) is 25.6. The van der Waals surface area contributed by atoms with Gasteiger partial charge in [-0.3, -0.25) is 37.3 Å². The molecule has 0 aromatic heterocycles. The molecule has 0 aliphatic heterocycles. The van der Waals surface area contributed by atoms with Crippen molar-refractivity contribution in [2.24, 2.45) is 0 Å². The van der Waals surface area contributed by atoms with Crippen molar-refractivity contribution in [3.05, 3.63) is 72.9 Å². The van der Waals surface area contributed by atoms with Crippen LogP contribution in [0.3, 0.4) is 0 Å². The lowest BCUT2D eigenvalue weighted by Gasteiger charge is -2.21. The molecule has 0 rings (SSSR count). The number of esters is 4. The van der Waals surface area contributed by atoms with Gasteiger partial charge in [0, 0.05) is 25.7 Å². The Bertz CT molecular complexity index is 2110. The molecular formula is C77H138O17P2. The molecule has 0 saturated heterocycles. The Morgan fingerprint density at radius 2 is 0.542 bits per heavy atom. The van der Waals surface area contributed by atoms with E-state index in [1.54, 1.807) is 0 Å². The predicted molar refractivity (Wildman–Crippen MR) is 390 cm³/mol. The highest BCUT2D eigenvalue weighted by Gasteiger charge is 2.30. The molecule has 19 heteroatoms. The number of aliphatic hydroxyl groups excluding tert-OH is 1. The van der Waals surface area contributed by atoms with Gasteiger partial charge in [-0.05, 0) is 135 Å². The molecule has 0 aliphatic rings.